The van der Waals surface area contributed by atoms with Gasteiger partial charge in [-0.2, -0.15) is 0 Å². The minimum absolute atomic E-state index is 0.105. The van der Waals surface area contributed by atoms with Gasteiger partial charge in [-0.05, 0) is 30.3 Å². The normalized spacial score (nSPS) is 20.6. The highest BCUT2D eigenvalue weighted by molar-refractivity contribution is 7.89. The van der Waals surface area contributed by atoms with Crippen LogP contribution < -0.4 is 10.0 Å². The second kappa shape index (κ2) is 5.68. The van der Waals surface area contributed by atoms with Crippen LogP contribution >= 0.6 is 0 Å². The highest BCUT2D eigenvalue weighted by atomic mass is 32.2. The zero-order valence-electron chi connectivity index (χ0n) is 12.0. The molecule has 6 nitrogen and oxygen atoms in total. The van der Waals surface area contributed by atoms with E-state index < -0.39 is 16.1 Å². The van der Waals surface area contributed by atoms with E-state index in [1.165, 1.54) is 19.3 Å². The average Bonchev–Trinajstić information content (AvgIpc) is 2.84. The molecule has 0 unspecified atom stereocenters. The number of aliphatic hydroxyl groups excluding tert-OH is 1. The summed E-state index contributed by atoms with van der Waals surface area (Å²) in [5.41, 5.74) is 2.16. The van der Waals surface area contributed by atoms with Crippen LogP contribution in [0.25, 0.3) is 0 Å². The van der Waals surface area contributed by atoms with Crippen molar-refractivity contribution in [1.29, 1.82) is 0 Å². The van der Waals surface area contributed by atoms with Gasteiger partial charge in [-0.25, -0.2) is 18.1 Å². The third-order valence-corrected chi connectivity index (χ3v) is 5.22. The Balaban J connectivity index is 1.82. The maximum atomic E-state index is 11.7. The molecule has 1 aliphatic carbocycles. The molecule has 1 aromatic heterocycles. The van der Waals surface area contributed by atoms with Crippen LogP contribution in [-0.4, -0.2) is 31.7 Å². The lowest BCUT2D eigenvalue weighted by atomic mass is 10.1. The second-order valence-electron chi connectivity index (χ2n) is 5.18. The number of rotatable bonds is 4. The van der Waals surface area contributed by atoms with Crippen LogP contribution in [0.2, 0.25) is 0 Å². The Morgan fingerprint density at radius 3 is 2.68 bits per heavy atom. The first-order valence-corrected chi connectivity index (χ1v) is 8.41. The first-order valence-electron chi connectivity index (χ1n) is 6.93. The molecule has 0 spiro atoms. The predicted octanol–water partition coefficient (Wildman–Crippen LogP) is 1.06. The van der Waals surface area contributed by atoms with Gasteiger partial charge in [-0.3, -0.25) is 0 Å². The third-order valence-electron chi connectivity index (χ3n) is 3.82. The molecular weight excluding hydrogens is 302 g/mol. The first kappa shape index (κ1) is 15.0. The van der Waals surface area contributed by atoms with Crippen LogP contribution in [0.3, 0.4) is 0 Å². The molecule has 0 bridgehead atoms. The Hall–Kier alpha value is -1.96. The summed E-state index contributed by atoms with van der Waals surface area (Å²) in [6.07, 6.45) is 1.36. The lowest BCUT2D eigenvalue weighted by molar-refractivity contribution is 0.165. The Kier molecular flexibility index (Phi) is 3.86. The van der Waals surface area contributed by atoms with Crippen molar-refractivity contribution in [2.24, 2.45) is 0 Å². The smallest absolute Gasteiger partial charge is 0.241 e. The summed E-state index contributed by atoms with van der Waals surface area (Å²) in [4.78, 5) is 4.23. The molecule has 0 fully saturated rings. The summed E-state index contributed by atoms with van der Waals surface area (Å²) in [5, 5.41) is 13.4. The van der Waals surface area contributed by atoms with Crippen molar-refractivity contribution in [3.05, 3.63) is 53.7 Å². The maximum absolute atomic E-state index is 11.7. The Morgan fingerprint density at radius 2 is 2.00 bits per heavy atom. The summed E-state index contributed by atoms with van der Waals surface area (Å²) in [6.45, 7) is 0. The van der Waals surface area contributed by atoms with E-state index in [4.69, 9.17) is 0 Å². The summed E-state index contributed by atoms with van der Waals surface area (Å²) in [5.74, 6) is 0.524. The van der Waals surface area contributed by atoms with Crippen molar-refractivity contribution in [1.82, 2.24) is 9.71 Å². The Morgan fingerprint density at radius 1 is 1.23 bits per heavy atom. The van der Waals surface area contributed by atoms with Gasteiger partial charge in [-0.15, -0.1) is 0 Å². The molecule has 0 saturated heterocycles. The molecule has 2 atom stereocenters. The minimum atomic E-state index is -3.49. The number of nitrogens with one attached hydrogen (secondary N) is 2. The monoisotopic (exact) mass is 319 g/mol. The highest BCUT2D eigenvalue weighted by Crippen LogP contribution is 2.33. The Bertz CT molecular complexity index is 775. The molecule has 7 heteroatoms. The van der Waals surface area contributed by atoms with Gasteiger partial charge in [-0.1, -0.05) is 24.3 Å². The highest BCUT2D eigenvalue weighted by Gasteiger charge is 2.30. The molecule has 22 heavy (non-hydrogen) atoms. The van der Waals surface area contributed by atoms with Crippen molar-refractivity contribution in [2.45, 2.75) is 23.5 Å². The zero-order chi connectivity index (χ0) is 15.7. The van der Waals surface area contributed by atoms with Crippen LogP contribution in [0.4, 0.5) is 5.82 Å². The van der Waals surface area contributed by atoms with Crippen LogP contribution in [0, 0.1) is 0 Å². The number of hydrogen-bond donors (Lipinski definition) is 3. The number of aromatic nitrogens is 1. The first-order chi connectivity index (χ1) is 10.5. The Labute approximate surface area is 129 Å². The molecule has 1 heterocycles. The molecule has 3 rings (SSSR count). The van der Waals surface area contributed by atoms with Gasteiger partial charge in [0.15, 0.2) is 0 Å². The summed E-state index contributed by atoms with van der Waals surface area (Å²) >= 11 is 0. The van der Waals surface area contributed by atoms with Gasteiger partial charge < -0.3 is 10.4 Å². The molecule has 3 N–H and O–H groups in total. The van der Waals surface area contributed by atoms with Crippen molar-refractivity contribution < 1.29 is 13.5 Å². The van der Waals surface area contributed by atoms with Gasteiger partial charge >= 0.3 is 0 Å². The molecule has 1 aromatic carbocycles. The number of pyridine rings is 1. The van der Waals surface area contributed by atoms with Gasteiger partial charge in [0.2, 0.25) is 10.0 Å². The number of hydrogen-bond acceptors (Lipinski definition) is 5. The van der Waals surface area contributed by atoms with E-state index in [1.54, 1.807) is 6.07 Å². The zero-order valence-corrected chi connectivity index (χ0v) is 12.8. The van der Waals surface area contributed by atoms with E-state index in [9.17, 15) is 13.5 Å². The summed E-state index contributed by atoms with van der Waals surface area (Å²) < 4.78 is 25.6. The van der Waals surface area contributed by atoms with Crippen molar-refractivity contribution in [2.75, 3.05) is 12.4 Å². The lowest BCUT2D eigenvalue weighted by Crippen LogP contribution is -2.22. The number of fused-ring (bicyclic) bond motifs is 1. The van der Waals surface area contributed by atoms with Gasteiger partial charge in [0, 0.05) is 12.6 Å². The van der Waals surface area contributed by atoms with Crippen molar-refractivity contribution in [3.63, 3.8) is 0 Å². The van der Waals surface area contributed by atoms with Gasteiger partial charge in [0.25, 0.3) is 0 Å². The van der Waals surface area contributed by atoms with Crippen LogP contribution in [0.15, 0.2) is 47.5 Å². The summed E-state index contributed by atoms with van der Waals surface area (Å²) in [6, 6.07) is 10.7. The third kappa shape index (κ3) is 2.70. The van der Waals surface area contributed by atoms with E-state index in [-0.39, 0.29) is 10.9 Å². The summed E-state index contributed by atoms with van der Waals surface area (Å²) in [7, 11) is -2.14. The molecule has 0 aliphatic heterocycles. The topological polar surface area (TPSA) is 91.3 Å². The molecule has 0 saturated carbocycles. The van der Waals surface area contributed by atoms with Crippen molar-refractivity contribution in [3.8, 4) is 0 Å². The predicted molar refractivity (Wildman–Crippen MR) is 83.0 cm³/mol. The fraction of sp³-hybridized carbons (Fsp3) is 0.267. The quantitative estimate of drug-likeness (QED) is 0.784. The SMILES string of the molecule is CNS(=O)(=O)c1ccc(N[C@H]2c3ccccc3C[C@H]2O)nc1. The molecule has 1 aliphatic rings. The number of nitrogens with zero attached hydrogens (tertiary/aromatic N) is 1. The second-order valence-corrected chi connectivity index (χ2v) is 7.07. The fourth-order valence-electron chi connectivity index (χ4n) is 2.65. The van der Waals surface area contributed by atoms with Crippen LogP contribution in [0.1, 0.15) is 17.2 Å². The fourth-order valence-corrected chi connectivity index (χ4v) is 3.32. The minimum Gasteiger partial charge on any atom is -0.390 e. The van der Waals surface area contributed by atoms with E-state index in [2.05, 4.69) is 15.0 Å². The molecule has 2 aromatic rings. The van der Waals surface area contributed by atoms with Crippen molar-refractivity contribution >= 4 is 15.8 Å². The largest absolute Gasteiger partial charge is 0.390 e. The van der Waals surface area contributed by atoms with E-state index in [1.807, 2.05) is 24.3 Å². The standard InChI is InChI=1S/C15H17N3O3S/c1-16-22(20,21)11-6-7-14(17-9-11)18-15-12-5-3-2-4-10(12)8-13(15)19/h2-7,9,13,15-16,19H,8H2,1H3,(H,17,18)/t13-,15+/m1/s1. The number of aliphatic hydroxyl groups is 1. The van der Waals surface area contributed by atoms with E-state index in [0.717, 1.165) is 11.1 Å². The van der Waals surface area contributed by atoms with Gasteiger partial charge in [0.05, 0.1) is 12.1 Å². The lowest BCUT2D eigenvalue weighted by Gasteiger charge is -2.18. The van der Waals surface area contributed by atoms with Gasteiger partial charge in [0.1, 0.15) is 10.7 Å². The van der Waals surface area contributed by atoms with Crippen LogP contribution in [-0.2, 0) is 16.4 Å². The van der Waals surface area contributed by atoms with E-state index >= 15 is 0 Å². The number of sulfonamides is 1. The average molecular weight is 319 g/mol. The number of benzene rings is 1. The molecular formula is C15H17N3O3S. The molecule has 0 radical (unpaired) electrons. The maximum Gasteiger partial charge on any atom is 0.241 e. The van der Waals surface area contributed by atoms with E-state index in [0.29, 0.717) is 12.2 Å². The number of anilines is 1. The molecule has 116 valence electrons. The van der Waals surface area contributed by atoms with Crippen LogP contribution in [0.5, 0.6) is 0 Å². The molecule has 0 amide bonds.